The fraction of sp³-hybridized carbons (Fsp3) is 0.652. The Morgan fingerprint density at radius 1 is 1.14 bits per heavy atom. The minimum Gasteiger partial charge on any atom is -0.383 e. The second-order valence-corrected chi connectivity index (χ2v) is 7.97. The van der Waals surface area contributed by atoms with Crippen LogP contribution in [-0.4, -0.2) is 67.6 Å². The molecular weight excluding hydrogens is 366 g/mol. The number of hydrogen-bond donors (Lipinski definition) is 1. The summed E-state index contributed by atoms with van der Waals surface area (Å²) in [6.45, 7) is 8.23. The van der Waals surface area contributed by atoms with E-state index in [9.17, 15) is 9.59 Å². The molecular formula is C23H37N3O3. The Kier molecular flexibility index (Phi) is 9.61. The van der Waals surface area contributed by atoms with Crippen molar-refractivity contribution in [1.29, 1.82) is 0 Å². The second-order valence-electron chi connectivity index (χ2n) is 7.97. The van der Waals surface area contributed by atoms with Crippen LogP contribution in [0.1, 0.15) is 50.2 Å². The predicted molar refractivity (Wildman–Crippen MR) is 117 cm³/mol. The maximum Gasteiger partial charge on any atom is 0.238 e. The van der Waals surface area contributed by atoms with E-state index in [0.29, 0.717) is 19.2 Å². The minimum atomic E-state index is -0.108. The first kappa shape index (κ1) is 23.4. The van der Waals surface area contributed by atoms with Gasteiger partial charge in [0, 0.05) is 31.9 Å². The Balaban J connectivity index is 1.98. The lowest BCUT2D eigenvalue weighted by atomic mass is 9.94. The lowest BCUT2D eigenvalue weighted by molar-refractivity contribution is -0.135. The van der Waals surface area contributed by atoms with E-state index in [1.165, 1.54) is 19.3 Å². The molecule has 0 aliphatic heterocycles. The Labute approximate surface area is 175 Å². The molecule has 162 valence electrons. The van der Waals surface area contributed by atoms with E-state index in [0.717, 1.165) is 36.2 Å². The fourth-order valence-corrected chi connectivity index (χ4v) is 4.03. The maximum atomic E-state index is 13.0. The number of ether oxygens (including phenoxy) is 1. The molecule has 6 heteroatoms. The van der Waals surface area contributed by atoms with E-state index in [1.54, 1.807) is 7.11 Å². The van der Waals surface area contributed by atoms with Crippen molar-refractivity contribution in [3.63, 3.8) is 0 Å². The van der Waals surface area contributed by atoms with Crippen LogP contribution < -0.4 is 5.32 Å². The fourth-order valence-electron chi connectivity index (χ4n) is 4.03. The molecule has 1 N–H and O–H groups in total. The summed E-state index contributed by atoms with van der Waals surface area (Å²) in [5.74, 6) is -0.00152. The molecule has 0 saturated heterocycles. The van der Waals surface area contributed by atoms with Gasteiger partial charge in [-0.15, -0.1) is 0 Å². The van der Waals surface area contributed by atoms with Crippen LogP contribution in [0.25, 0.3) is 0 Å². The first-order chi connectivity index (χ1) is 14.0. The summed E-state index contributed by atoms with van der Waals surface area (Å²) in [6, 6.07) is 6.22. The molecule has 2 rings (SSSR count). The minimum absolute atomic E-state index is 0.107. The number of benzene rings is 1. The summed E-state index contributed by atoms with van der Waals surface area (Å²) in [7, 11) is 1.64. The number of carbonyl (C=O) groups excluding carboxylic acids is 2. The van der Waals surface area contributed by atoms with Gasteiger partial charge in [0.05, 0.1) is 19.7 Å². The number of methoxy groups -OCH3 is 1. The van der Waals surface area contributed by atoms with Gasteiger partial charge in [0.15, 0.2) is 0 Å². The number of hydrogen-bond acceptors (Lipinski definition) is 4. The zero-order valence-corrected chi connectivity index (χ0v) is 18.5. The van der Waals surface area contributed by atoms with Crippen LogP contribution in [0.5, 0.6) is 0 Å². The number of likely N-dealkylation sites (N-methyl/N-ethyl adjacent to an activating group) is 1. The summed E-state index contributed by atoms with van der Waals surface area (Å²) in [5.41, 5.74) is 3.03. The van der Waals surface area contributed by atoms with Crippen molar-refractivity contribution in [3.05, 3.63) is 29.3 Å². The summed E-state index contributed by atoms with van der Waals surface area (Å²) in [6.07, 6.45) is 5.83. The molecule has 1 aromatic rings. The number of nitrogens with zero attached hydrogens (tertiary/aromatic N) is 2. The standard InChI is InChI=1S/C23H37N3O3/c1-5-26(20-11-7-6-8-12-20)23(28)17-25(14-15-29-4)16-22(27)24-21-13-9-10-18(2)19(21)3/h9-10,13,20H,5-8,11-12,14-17H2,1-4H3,(H,24,27). The molecule has 0 aromatic heterocycles. The van der Waals surface area contributed by atoms with E-state index in [4.69, 9.17) is 4.74 Å². The van der Waals surface area contributed by atoms with Gasteiger partial charge in [-0.3, -0.25) is 14.5 Å². The average Bonchev–Trinajstić information content (AvgIpc) is 2.71. The van der Waals surface area contributed by atoms with Crippen LogP contribution in [0.3, 0.4) is 0 Å². The number of nitrogens with one attached hydrogen (secondary N) is 1. The van der Waals surface area contributed by atoms with Crippen LogP contribution in [0.15, 0.2) is 18.2 Å². The molecule has 0 radical (unpaired) electrons. The zero-order valence-electron chi connectivity index (χ0n) is 18.5. The third-order valence-corrected chi connectivity index (χ3v) is 5.89. The molecule has 29 heavy (non-hydrogen) atoms. The van der Waals surface area contributed by atoms with Crippen LogP contribution in [0, 0.1) is 13.8 Å². The van der Waals surface area contributed by atoms with Gasteiger partial charge in [-0.2, -0.15) is 0 Å². The summed E-state index contributed by atoms with van der Waals surface area (Å²) in [4.78, 5) is 29.5. The smallest absolute Gasteiger partial charge is 0.238 e. The highest BCUT2D eigenvalue weighted by atomic mass is 16.5. The predicted octanol–water partition coefficient (Wildman–Crippen LogP) is 3.37. The number of amides is 2. The van der Waals surface area contributed by atoms with Crippen LogP contribution >= 0.6 is 0 Å². The molecule has 1 saturated carbocycles. The average molecular weight is 404 g/mol. The van der Waals surface area contributed by atoms with Gasteiger partial charge >= 0.3 is 0 Å². The molecule has 0 unspecified atom stereocenters. The molecule has 1 fully saturated rings. The molecule has 0 heterocycles. The van der Waals surface area contributed by atoms with Gasteiger partial charge in [0.2, 0.25) is 11.8 Å². The van der Waals surface area contributed by atoms with Crippen molar-refractivity contribution in [2.24, 2.45) is 0 Å². The Morgan fingerprint density at radius 3 is 2.52 bits per heavy atom. The van der Waals surface area contributed by atoms with Crippen molar-refractivity contribution < 1.29 is 14.3 Å². The highest BCUT2D eigenvalue weighted by Crippen LogP contribution is 2.23. The Morgan fingerprint density at radius 2 is 1.86 bits per heavy atom. The molecule has 0 bridgehead atoms. The van der Waals surface area contributed by atoms with Crippen LogP contribution in [0.2, 0.25) is 0 Å². The van der Waals surface area contributed by atoms with Gasteiger partial charge < -0.3 is 15.0 Å². The SMILES string of the molecule is CCN(C(=O)CN(CCOC)CC(=O)Nc1cccc(C)c1C)C1CCCCC1. The van der Waals surface area contributed by atoms with Gasteiger partial charge in [-0.25, -0.2) is 0 Å². The van der Waals surface area contributed by atoms with Gasteiger partial charge in [0.1, 0.15) is 0 Å². The largest absolute Gasteiger partial charge is 0.383 e. The normalized spacial score (nSPS) is 14.8. The maximum absolute atomic E-state index is 13.0. The highest BCUT2D eigenvalue weighted by molar-refractivity contribution is 5.93. The number of aryl methyl sites for hydroxylation is 1. The second kappa shape index (κ2) is 11.9. The van der Waals surface area contributed by atoms with Crippen molar-refractivity contribution in [2.75, 3.05) is 45.2 Å². The van der Waals surface area contributed by atoms with E-state index in [-0.39, 0.29) is 24.9 Å². The molecule has 0 atom stereocenters. The van der Waals surface area contributed by atoms with Crippen molar-refractivity contribution in [3.8, 4) is 0 Å². The lowest BCUT2D eigenvalue weighted by Crippen LogP contribution is -2.48. The Hall–Kier alpha value is -1.92. The third-order valence-electron chi connectivity index (χ3n) is 5.89. The Bertz CT molecular complexity index is 671. The van der Waals surface area contributed by atoms with E-state index in [2.05, 4.69) is 5.32 Å². The van der Waals surface area contributed by atoms with Crippen molar-refractivity contribution in [2.45, 2.75) is 58.9 Å². The zero-order chi connectivity index (χ0) is 21.2. The summed E-state index contributed by atoms with van der Waals surface area (Å²) >= 11 is 0. The third kappa shape index (κ3) is 7.12. The first-order valence-corrected chi connectivity index (χ1v) is 10.8. The van der Waals surface area contributed by atoms with Gasteiger partial charge in [0.25, 0.3) is 0 Å². The van der Waals surface area contributed by atoms with E-state index >= 15 is 0 Å². The van der Waals surface area contributed by atoms with Gasteiger partial charge in [-0.05, 0) is 50.8 Å². The number of carbonyl (C=O) groups is 2. The molecule has 1 aromatic carbocycles. The van der Waals surface area contributed by atoms with Crippen LogP contribution in [0.4, 0.5) is 5.69 Å². The number of anilines is 1. The molecule has 6 nitrogen and oxygen atoms in total. The topological polar surface area (TPSA) is 61.9 Å². The van der Waals surface area contributed by atoms with Gasteiger partial charge in [-0.1, -0.05) is 31.4 Å². The highest BCUT2D eigenvalue weighted by Gasteiger charge is 2.26. The van der Waals surface area contributed by atoms with Crippen molar-refractivity contribution in [1.82, 2.24) is 9.80 Å². The first-order valence-electron chi connectivity index (χ1n) is 10.8. The molecule has 1 aliphatic rings. The van der Waals surface area contributed by atoms with E-state index < -0.39 is 0 Å². The molecule has 1 aliphatic carbocycles. The quantitative estimate of drug-likeness (QED) is 0.651. The molecule has 2 amide bonds. The van der Waals surface area contributed by atoms with Crippen LogP contribution in [-0.2, 0) is 14.3 Å². The lowest BCUT2D eigenvalue weighted by Gasteiger charge is -2.35. The number of rotatable bonds is 10. The summed E-state index contributed by atoms with van der Waals surface area (Å²) < 4.78 is 5.19. The van der Waals surface area contributed by atoms with E-state index in [1.807, 2.05) is 48.8 Å². The summed E-state index contributed by atoms with van der Waals surface area (Å²) in [5, 5.41) is 2.99. The monoisotopic (exact) mass is 403 g/mol. The molecule has 0 spiro atoms. The van der Waals surface area contributed by atoms with Crippen molar-refractivity contribution >= 4 is 17.5 Å².